The molecule has 100 valence electrons. The molecule has 3 nitrogen and oxygen atoms in total. The molecule has 1 saturated heterocycles. The lowest BCUT2D eigenvalue weighted by Gasteiger charge is -2.29. The first-order chi connectivity index (χ1) is 8.40. The van der Waals surface area contributed by atoms with E-state index in [-0.39, 0.29) is 29.8 Å². The lowest BCUT2D eigenvalue weighted by atomic mass is 9.79. The zero-order valence-corrected chi connectivity index (χ0v) is 11.4. The summed E-state index contributed by atoms with van der Waals surface area (Å²) in [6, 6.07) is 0. The molecule has 5 atom stereocenters. The van der Waals surface area contributed by atoms with Crippen LogP contribution in [0.25, 0.3) is 0 Å². The van der Waals surface area contributed by atoms with Gasteiger partial charge in [-0.3, -0.25) is 4.79 Å². The number of carbonyl (C=O) groups excluding carboxylic acids is 1. The van der Waals surface area contributed by atoms with Crippen molar-refractivity contribution in [3.8, 4) is 0 Å². The van der Waals surface area contributed by atoms with Crippen LogP contribution in [0.5, 0.6) is 0 Å². The molecule has 0 aromatic rings. The maximum atomic E-state index is 11.7. The molecule has 0 radical (unpaired) electrons. The van der Waals surface area contributed by atoms with Gasteiger partial charge in [-0.25, -0.2) is 0 Å². The second kappa shape index (κ2) is 3.83. The maximum absolute atomic E-state index is 11.7. The summed E-state index contributed by atoms with van der Waals surface area (Å²) < 4.78 is 5.51. The zero-order chi connectivity index (χ0) is 13.1. The Bertz CT molecular complexity index is 421. The van der Waals surface area contributed by atoms with Gasteiger partial charge in [0.1, 0.15) is 6.10 Å². The van der Waals surface area contributed by atoms with Crippen LogP contribution in [0.15, 0.2) is 11.1 Å². The summed E-state index contributed by atoms with van der Waals surface area (Å²) in [4.78, 5) is 11.7. The third kappa shape index (κ3) is 1.63. The number of aliphatic hydroxyl groups is 1. The molecule has 2 aliphatic carbocycles. The molecule has 1 N–H and O–H groups in total. The fourth-order valence-electron chi connectivity index (χ4n) is 4.11. The highest BCUT2D eigenvalue weighted by Crippen LogP contribution is 2.51. The lowest BCUT2D eigenvalue weighted by Crippen LogP contribution is -2.32. The minimum absolute atomic E-state index is 0.0152. The summed E-state index contributed by atoms with van der Waals surface area (Å²) in [6.07, 6.45) is 3.66. The van der Waals surface area contributed by atoms with Gasteiger partial charge >= 0.3 is 5.97 Å². The molecule has 3 aliphatic rings. The number of hydrogen-bond donors (Lipinski definition) is 1. The number of esters is 1. The van der Waals surface area contributed by atoms with Crippen LogP contribution < -0.4 is 0 Å². The summed E-state index contributed by atoms with van der Waals surface area (Å²) >= 11 is 0. The van der Waals surface area contributed by atoms with E-state index >= 15 is 0 Å². The predicted octanol–water partition coefficient (Wildman–Crippen LogP) is 2.44. The van der Waals surface area contributed by atoms with Gasteiger partial charge in [-0.15, -0.1) is 0 Å². The van der Waals surface area contributed by atoms with Gasteiger partial charge in [0.25, 0.3) is 0 Å². The second-order valence-electron chi connectivity index (χ2n) is 6.58. The zero-order valence-electron chi connectivity index (χ0n) is 11.4. The molecule has 3 heteroatoms. The van der Waals surface area contributed by atoms with Crippen LogP contribution in [0.4, 0.5) is 0 Å². The van der Waals surface area contributed by atoms with E-state index in [1.54, 1.807) is 0 Å². The van der Waals surface area contributed by atoms with Gasteiger partial charge in [0.15, 0.2) is 0 Å². The number of carbonyl (C=O) groups is 1. The van der Waals surface area contributed by atoms with Gasteiger partial charge < -0.3 is 9.84 Å². The average molecular weight is 250 g/mol. The highest BCUT2D eigenvalue weighted by atomic mass is 16.6. The van der Waals surface area contributed by atoms with Crippen LogP contribution in [0.3, 0.4) is 0 Å². The summed E-state index contributed by atoms with van der Waals surface area (Å²) in [7, 11) is 0. The van der Waals surface area contributed by atoms with Crippen molar-refractivity contribution in [2.45, 2.75) is 58.2 Å². The van der Waals surface area contributed by atoms with E-state index in [2.05, 4.69) is 6.92 Å². The van der Waals surface area contributed by atoms with Gasteiger partial charge in [0.2, 0.25) is 0 Å². The van der Waals surface area contributed by atoms with E-state index in [4.69, 9.17) is 4.74 Å². The van der Waals surface area contributed by atoms with Crippen molar-refractivity contribution in [2.24, 2.45) is 17.8 Å². The Morgan fingerprint density at radius 3 is 2.89 bits per heavy atom. The Labute approximate surface area is 108 Å². The molecular weight excluding hydrogens is 228 g/mol. The highest BCUT2D eigenvalue weighted by Gasteiger charge is 2.50. The highest BCUT2D eigenvalue weighted by molar-refractivity contribution is 5.75. The number of fused-ring (bicyclic) bond motifs is 2. The van der Waals surface area contributed by atoms with E-state index in [0.29, 0.717) is 0 Å². The van der Waals surface area contributed by atoms with Crippen molar-refractivity contribution in [1.82, 2.24) is 0 Å². The quantitative estimate of drug-likeness (QED) is 0.530. The first-order valence-corrected chi connectivity index (χ1v) is 7.01. The lowest BCUT2D eigenvalue weighted by molar-refractivity contribution is -0.143. The van der Waals surface area contributed by atoms with Gasteiger partial charge in [-0.2, -0.15) is 0 Å². The molecule has 0 aromatic carbocycles. The minimum Gasteiger partial charge on any atom is -0.461 e. The molecule has 1 aliphatic heterocycles. The summed E-state index contributed by atoms with van der Waals surface area (Å²) in [5.74, 6) is 0.432. The third-order valence-electron chi connectivity index (χ3n) is 5.39. The first kappa shape index (κ1) is 12.2. The maximum Gasteiger partial charge on any atom is 0.309 e. The molecule has 0 spiro atoms. The Balaban J connectivity index is 1.96. The monoisotopic (exact) mass is 250 g/mol. The van der Waals surface area contributed by atoms with Crippen molar-refractivity contribution >= 4 is 5.97 Å². The topological polar surface area (TPSA) is 46.5 Å². The molecule has 1 heterocycles. The van der Waals surface area contributed by atoms with Crippen molar-refractivity contribution < 1.29 is 14.6 Å². The van der Waals surface area contributed by atoms with Crippen LogP contribution in [-0.2, 0) is 9.53 Å². The number of rotatable bonds is 0. The molecule has 0 unspecified atom stereocenters. The molecule has 1 saturated carbocycles. The van der Waals surface area contributed by atoms with E-state index in [1.807, 2.05) is 13.8 Å². The average Bonchev–Trinajstić information content (AvgIpc) is 2.65. The van der Waals surface area contributed by atoms with E-state index in [1.165, 1.54) is 11.1 Å². The standard InChI is InChI=1S/C15H22O3/c1-8-6-13-11(9(2)14(16)18-13)7-12-10(8)4-5-15(12,3)17/h9,11-13,17H,4-7H2,1-3H3/t9-,11+,12+,13-,15+/m0/s1. The van der Waals surface area contributed by atoms with Gasteiger partial charge in [0.05, 0.1) is 11.5 Å². The predicted molar refractivity (Wildman–Crippen MR) is 67.8 cm³/mol. The molecule has 2 fully saturated rings. The summed E-state index contributed by atoms with van der Waals surface area (Å²) in [6.45, 7) is 6.06. The number of hydrogen-bond acceptors (Lipinski definition) is 3. The van der Waals surface area contributed by atoms with Gasteiger partial charge in [-0.1, -0.05) is 18.1 Å². The number of ether oxygens (including phenoxy) is 1. The Kier molecular flexibility index (Phi) is 2.60. The molecule has 0 amide bonds. The summed E-state index contributed by atoms with van der Waals surface area (Å²) in [5, 5.41) is 10.5. The van der Waals surface area contributed by atoms with Crippen LogP contribution >= 0.6 is 0 Å². The van der Waals surface area contributed by atoms with Crippen LogP contribution in [0.1, 0.15) is 46.5 Å². The summed E-state index contributed by atoms with van der Waals surface area (Å²) in [5.41, 5.74) is 2.17. The van der Waals surface area contributed by atoms with Crippen LogP contribution in [0.2, 0.25) is 0 Å². The smallest absolute Gasteiger partial charge is 0.309 e. The van der Waals surface area contributed by atoms with E-state index < -0.39 is 5.60 Å². The normalized spacial score (nSPS) is 47.7. The van der Waals surface area contributed by atoms with E-state index in [9.17, 15) is 9.90 Å². The molecular formula is C15H22O3. The first-order valence-electron chi connectivity index (χ1n) is 7.01. The van der Waals surface area contributed by atoms with E-state index in [0.717, 1.165) is 25.7 Å². The van der Waals surface area contributed by atoms with Crippen LogP contribution in [-0.4, -0.2) is 22.8 Å². The van der Waals surface area contributed by atoms with Crippen LogP contribution in [0, 0.1) is 17.8 Å². The Morgan fingerprint density at radius 2 is 2.17 bits per heavy atom. The second-order valence-corrected chi connectivity index (χ2v) is 6.58. The molecule has 18 heavy (non-hydrogen) atoms. The fourth-order valence-corrected chi connectivity index (χ4v) is 4.11. The minimum atomic E-state index is -0.600. The van der Waals surface area contributed by atoms with Gasteiger partial charge in [0, 0.05) is 18.3 Å². The van der Waals surface area contributed by atoms with Crippen molar-refractivity contribution in [3.63, 3.8) is 0 Å². The SMILES string of the molecule is CC1=C2CC[C@@](C)(O)[C@@H]2C[C@H]2[C@H](C1)OC(=O)[C@H]2C. The van der Waals surface area contributed by atoms with Crippen molar-refractivity contribution in [3.05, 3.63) is 11.1 Å². The largest absolute Gasteiger partial charge is 0.461 e. The third-order valence-corrected chi connectivity index (χ3v) is 5.39. The Hall–Kier alpha value is -0.830. The molecule has 3 rings (SSSR count). The van der Waals surface area contributed by atoms with Gasteiger partial charge in [-0.05, 0) is 33.1 Å². The van der Waals surface area contributed by atoms with Crippen molar-refractivity contribution in [1.29, 1.82) is 0 Å². The van der Waals surface area contributed by atoms with Crippen molar-refractivity contribution in [2.75, 3.05) is 0 Å². The fraction of sp³-hybridized carbons (Fsp3) is 0.800. The molecule has 0 aromatic heterocycles. The Morgan fingerprint density at radius 1 is 1.44 bits per heavy atom. The molecule has 0 bridgehead atoms.